The lowest BCUT2D eigenvalue weighted by Crippen LogP contribution is -2.21. The van der Waals surface area contributed by atoms with Crippen molar-refractivity contribution < 1.29 is 14.3 Å². The van der Waals surface area contributed by atoms with Gasteiger partial charge in [0.15, 0.2) is 12.3 Å². The summed E-state index contributed by atoms with van der Waals surface area (Å²) in [4.78, 5) is 28.1. The molecule has 3 rings (SSSR count). The minimum atomic E-state index is -0.626. The summed E-state index contributed by atoms with van der Waals surface area (Å²) in [5.41, 5.74) is 1.80. The van der Waals surface area contributed by atoms with Crippen molar-refractivity contribution in [2.45, 2.75) is 6.92 Å². The molecule has 0 unspecified atom stereocenters. The van der Waals surface area contributed by atoms with E-state index in [1.54, 1.807) is 49.6 Å². The van der Waals surface area contributed by atoms with Crippen molar-refractivity contribution in [2.24, 2.45) is 0 Å². The summed E-state index contributed by atoms with van der Waals surface area (Å²) >= 11 is 0. The summed E-state index contributed by atoms with van der Waals surface area (Å²) in [5.74, 6) is -1.04. The molecule has 2 heterocycles. The first-order valence-electron chi connectivity index (χ1n) is 6.97. The zero-order valence-electron chi connectivity index (χ0n) is 12.4. The van der Waals surface area contributed by atoms with Gasteiger partial charge in [-0.05, 0) is 25.1 Å². The van der Waals surface area contributed by atoms with Crippen molar-refractivity contribution in [1.82, 2.24) is 14.6 Å². The van der Waals surface area contributed by atoms with E-state index in [-0.39, 0.29) is 12.2 Å². The van der Waals surface area contributed by atoms with E-state index in [0.717, 1.165) is 0 Å². The monoisotopic (exact) mass is 310 g/mol. The average Bonchev–Trinajstić information content (AvgIpc) is 2.89. The first kappa shape index (κ1) is 14.7. The van der Waals surface area contributed by atoms with Gasteiger partial charge in [-0.2, -0.15) is 5.10 Å². The van der Waals surface area contributed by atoms with E-state index in [9.17, 15) is 9.59 Å². The molecule has 0 radical (unpaired) electrons. The Hall–Kier alpha value is -3.22. The van der Waals surface area contributed by atoms with Crippen LogP contribution in [0.15, 0.2) is 48.8 Å². The Morgan fingerprint density at radius 1 is 1.22 bits per heavy atom. The second kappa shape index (κ2) is 6.27. The number of carbonyl (C=O) groups is 2. The zero-order valence-corrected chi connectivity index (χ0v) is 12.4. The van der Waals surface area contributed by atoms with E-state index in [4.69, 9.17) is 4.74 Å². The first-order valence-corrected chi connectivity index (χ1v) is 6.97. The van der Waals surface area contributed by atoms with Gasteiger partial charge in [0, 0.05) is 18.1 Å². The number of hydrogen-bond acceptors (Lipinski definition) is 5. The number of nitrogens with one attached hydrogen (secondary N) is 1. The van der Waals surface area contributed by atoms with Crippen molar-refractivity contribution in [2.75, 3.05) is 11.9 Å². The molecular formula is C16H14N4O3. The molecule has 0 aliphatic heterocycles. The van der Waals surface area contributed by atoms with E-state index in [2.05, 4.69) is 15.4 Å². The predicted octanol–water partition coefficient (Wildman–Crippen LogP) is 1.83. The number of nitrogens with zero attached hydrogens (tertiary/aromatic N) is 3. The Balaban J connectivity index is 1.67. The molecule has 7 heteroatoms. The van der Waals surface area contributed by atoms with Crippen LogP contribution in [-0.2, 0) is 9.53 Å². The molecule has 1 aromatic carbocycles. The van der Waals surface area contributed by atoms with E-state index < -0.39 is 11.9 Å². The number of aryl methyl sites for hydroxylation is 1. The number of para-hydroxylation sites is 1. The number of carbonyl (C=O) groups excluding carboxylic acids is 2. The lowest BCUT2D eigenvalue weighted by Gasteiger charge is -2.06. The van der Waals surface area contributed by atoms with Crippen molar-refractivity contribution in [1.29, 1.82) is 0 Å². The van der Waals surface area contributed by atoms with Gasteiger partial charge >= 0.3 is 5.97 Å². The van der Waals surface area contributed by atoms with E-state index in [1.165, 1.54) is 4.52 Å². The van der Waals surface area contributed by atoms with Crippen molar-refractivity contribution in [3.8, 4) is 0 Å². The van der Waals surface area contributed by atoms with Crippen LogP contribution < -0.4 is 5.32 Å². The number of rotatable bonds is 4. The summed E-state index contributed by atoms with van der Waals surface area (Å²) in [5, 5.41) is 6.82. The molecule has 1 N–H and O–H groups in total. The van der Waals surface area contributed by atoms with Crippen LogP contribution in [-0.4, -0.2) is 33.1 Å². The standard InChI is InChI=1S/C16H14N4O3/c1-11-14(15-17-8-5-9-20(15)19-11)16(22)23-10-13(21)18-12-6-3-2-4-7-12/h2-9H,10H2,1H3,(H,18,21). The summed E-state index contributed by atoms with van der Waals surface area (Å²) in [6.07, 6.45) is 3.25. The fourth-order valence-electron chi connectivity index (χ4n) is 2.16. The highest BCUT2D eigenvalue weighted by Crippen LogP contribution is 2.14. The van der Waals surface area contributed by atoms with Gasteiger partial charge in [-0.25, -0.2) is 14.3 Å². The number of anilines is 1. The van der Waals surface area contributed by atoms with Crippen LogP contribution >= 0.6 is 0 Å². The molecule has 2 aromatic heterocycles. The predicted molar refractivity (Wildman–Crippen MR) is 83.1 cm³/mol. The number of hydrogen-bond donors (Lipinski definition) is 1. The molecule has 0 bridgehead atoms. The Labute approximate surface area is 131 Å². The second-order valence-corrected chi connectivity index (χ2v) is 4.84. The number of aromatic nitrogens is 3. The molecule has 0 saturated carbocycles. The molecule has 0 fully saturated rings. The van der Waals surface area contributed by atoms with Gasteiger partial charge in [-0.1, -0.05) is 18.2 Å². The maximum atomic E-state index is 12.2. The summed E-state index contributed by atoms with van der Waals surface area (Å²) in [6.45, 7) is 1.31. The minimum absolute atomic E-state index is 0.262. The number of benzene rings is 1. The molecule has 116 valence electrons. The van der Waals surface area contributed by atoms with E-state index in [0.29, 0.717) is 17.0 Å². The van der Waals surface area contributed by atoms with Crippen molar-refractivity contribution >= 4 is 23.2 Å². The number of fused-ring (bicyclic) bond motifs is 1. The molecule has 0 spiro atoms. The fourth-order valence-corrected chi connectivity index (χ4v) is 2.16. The topological polar surface area (TPSA) is 85.6 Å². The Bertz CT molecular complexity index is 858. The van der Waals surface area contributed by atoms with Crippen LogP contribution in [0.25, 0.3) is 5.65 Å². The first-order chi connectivity index (χ1) is 11.1. The normalized spacial score (nSPS) is 10.5. The lowest BCUT2D eigenvalue weighted by atomic mass is 10.2. The third-order valence-electron chi connectivity index (χ3n) is 3.17. The maximum Gasteiger partial charge on any atom is 0.344 e. The van der Waals surface area contributed by atoms with Crippen LogP contribution in [0.2, 0.25) is 0 Å². The van der Waals surface area contributed by atoms with Crippen LogP contribution in [0.3, 0.4) is 0 Å². The molecule has 0 saturated heterocycles. The quantitative estimate of drug-likeness (QED) is 0.743. The molecule has 0 aliphatic carbocycles. The van der Waals surface area contributed by atoms with Crippen molar-refractivity contribution in [3.05, 3.63) is 60.0 Å². The smallest absolute Gasteiger partial charge is 0.344 e. The van der Waals surface area contributed by atoms with Gasteiger partial charge in [-0.15, -0.1) is 0 Å². The molecule has 23 heavy (non-hydrogen) atoms. The van der Waals surface area contributed by atoms with Crippen molar-refractivity contribution in [3.63, 3.8) is 0 Å². The zero-order chi connectivity index (χ0) is 16.2. The van der Waals surface area contributed by atoms with Crippen LogP contribution in [0, 0.1) is 6.92 Å². The lowest BCUT2D eigenvalue weighted by molar-refractivity contribution is -0.119. The third-order valence-corrected chi connectivity index (χ3v) is 3.17. The van der Waals surface area contributed by atoms with Gasteiger partial charge in [0.25, 0.3) is 5.91 Å². The highest BCUT2D eigenvalue weighted by molar-refractivity contribution is 5.99. The number of ether oxygens (including phenoxy) is 1. The molecule has 0 aliphatic rings. The summed E-state index contributed by atoms with van der Waals surface area (Å²) in [6, 6.07) is 10.7. The maximum absolute atomic E-state index is 12.2. The van der Waals surface area contributed by atoms with Crippen LogP contribution in [0.5, 0.6) is 0 Å². The Kier molecular flexibility index (Phi) is 4.01. The average molecular weight is 310 g/mol. The highest BCUT2D eigenvalue weighted by Gasteiger charge is 2.20. The number of esters is 1. The van der Waals surface area contributed by atoms with Gasteiger partial charge in [0.2, 0.25) is 0 Å². The Morgan fingerprint density at radius 2 is 2.00 bits per heavy atom. The molecule has 0 atom stereocenters. The van der Waals surface area contributed by atoms with Crippen LogP contribution in [0.4, 0.5) is 5.69 Å². The summed E-state index contributed by atoms with van der Waals surface area (Å²) < 4.78 is 6.56. The van der Waals surface area contributed by atoms with Gasteiger partial charge in [0.1, 0.15) is 5.56 Å². The highest BCUT2D eigenvalue weighted by atomic mass is 16.5. The molecule has 3 aromatic rings. The van der Waals surface area contributed by atoms with E-state index >= 15 is 0 Å². The third kappa shape index (κ3) is 3.18. The molecule has 1 amide bonds. The fraction of sp³-hybridized carbons (Fsp3) is 0.125. The van der Waals surface area contributed by atoms with E-state index in [1.807, 2.05) is 6.07 Å². The van der Waals surface area contributed by atoms with Gasteiger partial charge in [0.05, 0.1) is 5.69 Å². The SMILES string of the molecule is Cc1nn2cccnc2c1C(=O)OCC(=O)Nc1ccccc1. The summed E-state index contributed by atoms with van der Waals surface area (Å²) in [7, 11) is 0. The largest absolute Gasteiger partial charge is 0.452 e. The Morgan fingerprint density at radius 3 is 2.78 bits per heavy atom. The van der Waals surface area contributed by atoms with Gasteiger partial charge in [-0.3, -0.25) is 4.79 Å². The molecule has 7 nitrogen and oxygen atoms in total. The van der Waals surface area contributed by atoms with Gasteiger partial charge < -0.3 is 10.1 Å². The molecular weight excluding hydrogens is 296 g/mol. The minimum Gasteiger partial charge on any atom is -0.452 e. The second-order valence-electron chi connectivity index (χ2n) is 4.84. The number of amides is 1. The van der Waals surface area contributed by atoms with Crippen LogP contribution in [0.1, 0.15) is 16.1 Å².